The number of fused-ring (bicyclic) bond motifs is 3. The summed E-state index contributed by atoms with van der Waals surface area (Å²) in [5.74, 6) is -0.233. The molecule has 0 spiro atoms. The smallest absolute Gasteiger partial charge is 0.123 e. The van der Waals surface area contributed by atoms with E-state index in [9.17, 15) is 4.39 Å². The Balaban J connectivity index is 1.66. The highest BCUT2D eigenvalue weighted by atomic mass is 79.9. The normalized spacial score (nSPS) is 14.0. The molecular formula is C31H29BrFN. The second-order valence-corrected chi connectivity index (χ2v) is 11.6. The number of anilines is 3. The van der Waals surface area contributed by atoms with Crippen LogP contribution >= 0.6 is 15.9 Å². The highest BCUT2D eigenvalue weighted by molar-refractivity contribution is 9.10. The molecule has 0 unspecified atom stereocenters. The van der Waals surface area contributed by atoms with Gasteiger partial charge in [0, 0.05) is 26.9 Å². The number of rotatable bonds is 3. The molecule has 0 N–H and O–H groups in total. The van der Waals surface area contributed by atoms with Gasteiger partial charge in [-0.15, -0.1) is 0 Å². The number of hydrogen-bond donors (Lipinski definition) is 0. The van der Waals surface area contributed by atoms with Crippen molar-refractivity contribution < 1.29 is 4.39 Å². The summed E-state index contributed by atoms with van der Waals surface area (Å²) in [6.45, 7) is 11.2. The summed E-state index contributed by atoms with van der Waals surface area (Å²) >= 11 is 3.65. The number of hydrogen-bond acceptors (Lipinski definition) is 1. The van der Waals surface area contributed by atoms with E-state index in [1.807, 2.05) is 12.1 Å². The van der Waals surface area contributed by atoms with Crippen molar-refractivity contribution in [3.8, 4) is 11.1 Å². The molecule has 0 saturated heterocycles. The summed E-state index contributed by atoms with van der Waals surface area (Å²) in [4.78, 5) is 2.21. The van der Waals surface area contributed by atoms with Crippen LogP contribution in [0.25, 0.3) is 11.1 Å². The maximum absolute atomic E-state index is 13.8. The fraction of sp³-hybridized carbons (Fsp3) is 0.226. The molecule has 1 aliphatic carbocycles. The molecule has 0 atom stereocenters. The van der Waals surface area contributed by atoms with Crippen molar-refractivity contribution in [2.45, 2.75) is 45.4 Å². The molecule has 3 heteroatoms. The largest absolute Gasteiger partial charge is 0.310 e. The Kier molecular flexibility index (Phi) is 5.44. The van der Waals surface area contributed by atoms with Crippen LogP contribution in [0.5, 0.6) is 0 Å². The number of benzene rings is 4. The van der Waals surface area contributed by atoms with Gasteiger partial charge in [0.2, 0.25) is 0 Å². The molecule has 0 fully saturated rings. The minimum atomic E-state index is -0.233. The van der Waals surface area contributed by atoms with E-state index in [0.29, 0.717) is 0 Å². The van der Waals surface area contributed by atoms with E-state index in [2.05, 4.69) is 116 Å². The van der Waals surface area contributed by atoms with E-state index in [1.165, 1.54) is 39.9 Å². The predicted octanol–water partition coefficient (Wildman–Crippen LogP) is 9.66. The van der Waals surface area contributed by atoms with Crippen LogP contribution in [0.1, 0.15) is 51.3 Å². The lowest BCUT2D eigenvalue weighted by Crippen LogP contribution is -2.17. The van der Waals surface area contributed by atoms with Crippen molar-refractivity contribution in [3.05, 3.63) is 112 Å². The molecule has 0 heterocycles. The van der Waals surface area contributed by atoms with Crippen LogP contribution in [0.15, 0.2) is 89.4 Å². The monoisotopic (exact) mass is 513 g/mol. The Morgan fingerprint density at radius 3 is 1.76 bits per heavy atom. The first-order chi connectivity index (χ1) is 16.1. The zero-order valence-corrected chi connectivity index (χ0v) is 21.9. The van der Waals surface area contributed by atoms with Gasteiger partial charge in [-0.05, 0) is 93.9 Å². The average Bonchev–Trinajstić information content (AvgIpc) is 3.01. The fourth-order valence-electron chi connectivity index (χ4n) is 4.98. The Hall–Kier alpha value is -2.91. The Labute approximate surface area is 210 Å². The first-order valence-corrected chi connectivity index (χ1v) is 12.5. The zero-order valence-electron chi connectivity index (χ0n) is 20.3. The zero-order chi connectivity index (χ0) is 24.3. The van der Waals surface area contributed by atoms with Gasteiger partial charge in [-0.25, -0.2) is 4.39 Å². The van der Waals surface area contributed by atoms with Crippen LogP contribution in [0.3, 0.4) is 0 Å². The van der Waals surface area contributed by atoms with Crippen LogP contribution in [0.4, 0.5) is 21.5 Å². The summed E-state index contributed by atoms with van der Waals surface area (Å²) in [5, 5.41) is 0. The Morgan fingerprint density at radius 2 is 1.18 bits per heavy atom. The van der Waals surface area contributed by atoms with Crippen LogP contribution in [-0.4, -0.2) is 0 Å². The van der Waals surface area contributed by atoms with E-state index in [-0.39, 0.29) is 16.6 Å². The molecule has 4 aromatic carbocycles. The predicted molar refractivity (Wildman–Crippen MR) is 145 cm³/mol. The van der Waals surface area contributed by atoms with Crippen molar-refractivity contribution in [2.24, 2.45) is 0 Å². The van der Waals surface area contributed by atoms with Crippen molar-refractivity contribution in [1.29, 1.82) is 0 Å². The second-order valence-electron chi connectivity index (χ2n) is 10.7. The van der Waals surface area contributed by atoms with Gasteiger partial charge < -0.3 is 4.90 Å². The second kappa shape index (κ2) is 8.09. The standard InChI is InChI=1S/C31H29BrFN/c1-30(2,3)20-6-11-23(12-7-20)34(24-13-9-22(33)10-14-24)25-15-17-27-26-16-8-21(32)18-28(26)31(4,5)29(27)19-25/h6-19H,1-5H3. The number of halogens is 2. The summed E-state index contributed by atoms with van der Waals surface area (Å²) < 4.78 is 14.9. The Bertz CT molecular complexity index is 1360. The molecule has 0 aliphatic heterocycles. The van der Waals surface area contributed by atoms with Gasteiger partial charge in [0.15, 0.2) is 0 Å². The van der Waals surface area contributed by atoms with E-state index in [4.69, 9.17) is 0 Å². The van der Waals surface area contributed by atoms with Crippen LogP contribution in [0.2, 0.25) is 0 Å². The summed E-state index contributed by atoms with van der Waals surface area (Å²) in [6.07, 6.45) is 0. The highest BCUT2D eigenvalue weighted by Crippen LogP contribution is 2.51. The van der Waals surface area contributed by atoms with Crippen molar-refractivity contribution in [3.63, 3.8) is 0 Å². The molecule has 5 rings (SSSR count). The first kappa shape index (κ1) is 22.9. The molecule has 0 radical (unpaired) electrons. The lowest BCUT2D eigenvalue weighted by atomic mass is 9.82. The molecule has 0 saturated carbocycles. The van der Waals surface area contributed by atoms with Gasteiger partial charge in [-0.2, -0.15) is 0 Å². The first-order valence-electron chi connectivity index (χ1n) is 11.7. The molecule has 0 amide bonds. The molecule has 0 aromatic heterocycles. The average molecular weight is 514 g/mol. The summed E-state index contributed by atoms with van der Waals surface area (Å²) in [5.41, 5.74) is 9.49. The topological polar surface area (TPSA) is 3.24 Å². The molecule has 4 aromatic rings. The summed E-state index contributed by atoms with van der Waals surface area (Å²) in [7, 11) is 0. The van der Waals surface area contributed by atoms with Crippen molar-refractivity contribution in [1.82, 2.24) is 0 Å². The minimum absolute atomic E-state index is 0.0802. The van der Waals surface area contributed by atoms with Crippen LogP contribution in [0, 0.1) is 5.82 Å². The summed E-state index contributed by atoms with van der Waals surface area (Å²) in [6, 6.07) is 28.7. The highest BCUT2D eigenvalue weighted by Gasteiger charge is 2.36. The molecule has 34 heavy (non-hydrogen) atoms. The third-order valence-electron chi connectivity index (χ3n) is 6.96. The van der Waals surface area contributed by atoms with Gasteiger partial charge in [0.05, 0.1) is 0 Å². The molecule has 1 nitrogen and oxygen atoms in total. The van der Waals surface area contributed by atoms with Gasteiger partial charge in [-0.3, -0.25) is 0 Å². The maximum atomic E-state index is 13.8. The van der Waals surface area contributed by atoms with Gasteiger partial charge in [-0.1, -0.05) is 74.8 Å². The molecular weight excluding hydrogens is 485 g/mol. The third-order valence-corrected chi connectivity index (χ3v) is 7.45. The minimum Gasteiger partial charge on any atom is -0.310 e. The molecule has 0 bridgehead atoms. The quantitative estimate of drug-likeness (QED) is 0.263. The lowest BCUT2D eigenvalue weighted by molar-refractivity contribution is 0.590. The van der Waals surface area contributed by atoms with Crippen LogP contribution in [-0.2, 0) is 10.8 Å². The maximum Gasteiger partial charge on any atom is 0.123 e. The third kappa shape index (κ3) is 3.86. The number of nitrogens with zero attached hydrogens (tertiary/aromatic N) is 1. The van der Waals surface area contributed by atoms with Gasteiger partial charge >= 0.3 is 0 Å². The van der Waals surface area contributed by atoms with E-state index >= 15 is 0 Å². The van der Waals surface area contributed by atoms with Gasteiger partial charge in [0.1, 0.15) is 5.82 Å². The van der Waals surface area contributed by atoms with Gasteiger partial charge in [0.25, 0.3) is 0 Å². The lowest BCUT2D eigenvalue weighted by Gasteiger charge is -2.29. The molecule has 172 valence electrons. The SMILES string of the molecule is CC(C)(C)c1ccc(N(c2ccc(F)cc2)c2ccc3c(c2)C(C)(C)c2cc(Br)ccc2-3)cc1. The van der Waals surface area contributed by atoms with Crippen LogP contribution < -0.4 is 4.90 Å². The van der Waals surface area contributed by atoms with Crippen molar-refractivity contribution in [2.75, 3.05) is 4.90 Å². The van der Waals surface area contributed by atoms with Crippen molar-refractivity contribution >= 4 is 33.0 Å². The van der Waals surface area contributed by atoms with E-state index < -0.39 is 0 Å². The van der Waals surface area contributed by atoms with E-state index in [1.54, 1.807) is 0 Å². The Morgan fingerprint density at radius 1 is 0.676 bits per heavy atom. The molecule has 1 aliphatic rings. The van der Waals surface area contributed by atoms with E-state index in [0.717, 1.165) is 21.5 Å². The fourth-order valence-corrected chi connectivity index (χ4v) is 5.35.